The fourth-order valence-electron chi connectivity index (χ4n) is 2.66. The van der Waals surface area contributed by atoms with Crippen LogP contribution in [0.25, 0.3) is 5.00 Å². The molecule has 0 aliphatic carbocycles. The van der Waals surface area contributed by atoms with Gasteiger partial charge in [-0.1, -0.05) is 6.07 Å². The number of nitrogens with zero attached hydrogens (tertiary/aromatic N) is 5. The van der Waals surface area contributed by atoms with Crippen LogP contribution in [0, 0.1) is 0 Å². The molecule has 0 fully saturated rings. The minimum absolute atomic E-state index is 0.201. The van der Waals surface area contributed by atoms with Crippen LogP contribution in [0.4, 0.5) is 22.0 Å². The molecule has 2 N–H and O–H groups in total. The van der Waals surface area contributed by atoms with Gasteiger partial charge in [0.1, 0.15) is 5.00 Å². The van der Waals surface area contributed by atoms with Crippen molar-refractivity contribution in [2.45, 2.75) is 25.6 Å². The SMILES string of the molecule is NCC(Cn1nnn(-c2cc(CCc3ccc(=O)n(OC(=O)C(F)(F)F)c3)cs2)c1=O)=C(F)F. The first-order chi connectivity index (χ1) is 16.0. The van der Waals surface area contributed by atoms with E-state index in [4.69, 9.17) is 5.73 Å². The number of hydrogen-bond donors (Lipinski definition) is 1. The summed E-state index contributed by atoms with van der Waals surface area (Å²) >= 11 is 1.13. The number of hydrogen-bond acceptors (Lipinski definition) is 8. The van der Waals surface area contributed by atoms with Gasteiger partial charge in [-0.25, -0.2) is 9.59 Å². The van der Waals surface area contributed by atoms with Crippen LogP contribution in [0.2, 0.25) is 0 Å². The molecule has 10 nitrogen and oxygen atoms in total. The Bertz CT molecular complexity index is 1340. The first-order valence-electron chi connectivity index (χ1n) is 9.34. The summed E-state index contributed by atoms with van der Waals surface area (Å²) in [5, 5.41) is 9.29. The van der Waals surface area contributed by atoms with Crippen molar-refractivity contribution in [2.75, 3.05) is 6.54 Å². The molecule has 3 aromatic heterocycles. The normalized spacial score (nSPS) is 11.5. The Morgan fingerprint density at radius 2 is 1.82 bits per heavy atom. The summed E-state index contributed by atoms with van der Waals surface area (Å²) in [6.45, 7) is -0.960. The first kappa shape index (κ1) is 25.0. The summed E-state index contributed by atoms with van der Waals surface area (Å²) in [5.41, 5.74) is 4.19. The second-order valence-electron chi connectivity index (χ2n) is 6.77. The number of aromatic nitrogens is 5. The van der Waals surface area contributed by atoms with Crippen molar-refractivity contribution in [3.05, 3.63) is 73.4 Å². The largest absolute Gasteiger partial charge is 0.493 e. The number of halogens is 5. The van der Waals surface area contributed by atoms with Gasteiger partial charge in [-0.3, -0.25) is 4.79 Å². The summed E-state index contributed by atoms with van der Waals surface area (Å²) in [4.78, 5) is 39.1. The molecule has 0 saturated carbocycles. The lowest BCUT2D eigenvalue weighted by molar-refractivity contribution is -0.200. The number of carbonyl (C=O) groups excluding carboxylic acids is 1. The molecule has 0 aromatic carbocycles. The first-order valence-corrected chi connectivity index (χ1v) is 10.2. The van der Waals surface area contributed by atoms with E-state index in [9.17, 15) is 36.3 Å². The second-order valence-corrected chi connectivity index (χ2v) is 7.66. The van der Waals surface area contributed by atoms with Crippen molar-refractivity contribution in [3.63, 3.8) is 0 Å². The number of carbonyl (C=O) groups is 1. The minimum Gasteiger partial charge on any atom is -0.327 e. The van der Waals surface area contributed by atoms with Gasteiger partial charge in [0.05, 0.1) is 12.7 Å². The van der Waals surface area contributed by atoms with E-state index >= 15 is 0 Å². The molecule has 182 valence electrons. The fraction of sp³-hybridized carbons (Fsp3) is 0.278. The number of rotatable bonds is 8. The zero-order chi connectivity index (χ0) is 25.0. The van der Waals surface area contributed by atoms with E-state index in [-0.39, 0.29) is 11.2 Å². The molecule has 3 rings (SSSR count). The molecule has 0 aliphatic heterocycles. The van der Waals surface area contributed by atoms with Gasteiger partial charge in [0.25, 0.3) is 11.6 Å². The van der Waals surface area contributed by atoms with Crippen LogP contribution < -0.4 is 21.8 Å². The zero-order valence-corrected chi connectivity index (χ0v) is 17.8. The molecule has 0 saturated heterocycles. The Hall–Kier alpha value is -3.66. The molecule has 0 radical (unpaired) electrons. The third kappa shape index (κ3) is 5.82. The quantitative estimate of drug-likeness (QED) is 0.453. The van der Waals surface area contributed by atoms with Crippen LogP contribution in [0.5, 0.6) is 0 Å². The van der Waals surface area contributed by atoms with Crippen LogP contribution in [0.3, 0.4) is 0 Å². The maximum atomic E-state index is 12.8. The zero-order valence-electron chi connectivity index (χ0n) is 17.0. The van der Waals surface area contributed by atoms with Crippen LogP contribution in [-0.4, -0.2) is 43.2 Å². The Morgan fingerprint density at radius 1 is 1.12 bits per heavy atom. The van der Waals surface area contributed by atoms with Crippen molar-refractivity contribution in [3.8, 4) is 5.00 Å². The smallest absolute Gasteiger partial charge is 0.327 e. The topological polar surface area (TPSA) is 127 Å². The van der Waals surface area contributed by atoms with Gasteiger partial charge >= 0.3 is 17.8 Å². The van der Waals surface area contributed by atoms with Gasteiger partial charge < -0.3 is 10.6 Å². The third-order valence-electron chi connectivity index (χ3n) is 4.40. The average molecular weight is 506 g/mol. The van der Waals surface area contributed by atoms with Crippen LogP contribution in [0.15, 0.2) is 51.0 Å². The lowest BCUT2D eigenvalue weighted by Crippen LogP contribution is -2.38. The number of thiophene rings is 1. The molecule has 0 atom stereocenters. The van der Waals surface area contributed by atoms with Gasteiger partial charge in [0.2, 0.25) is 0 Å². The molecule has 34 heavy (non-hydrogen) atoms. The van der Waals surface area contributed by atoms with E-state index in [0.717, 1.165) is 33.0 Å². The highest BCUT2D eigenvalue weighted by Gasteiger charge is 2.42. The van der Waals surface area contributed by atoms with Gasteiger partial charge in [0.15, 0.2) is 0 Å². The highest BCUT2D eigenvalue weighted by atomic mass is 32.1. The van der Waals surface area contributed by atoms with Crippen LogP contribution >= 0.6 is 11.3 Å². The lowest BCUT2D eigenvalue weighted by atomic mass is 10.1. The summed E-state index contributed by atoms with van der Waals surface area (Å²) in [7, 11) is 0. The Kier molecular flexibility index (Phi) is 7.41. The van der Waals surface area contributed by atoms with E-state index in [0.29, 0.717) is 22.5 Å². The number of tetrazole rings is 1. The van der Waals surface area contributed by atoms with Gasteiger partial charge in [0, 0.05) is 18.2 Å². The predicted octanol–water partition coefficient (Wildman–Crippen LogP) is 1.06. The van der Waals surface area contributed by atoms with Gasteiger partial charge in [-0.15, -0.1) is 16.1 Å². The minimum atomic E-state index is -5.26. The second kappa shape index (κ2) is 10.1. The maximum absolute atomic E-state index is 12.8. The molecular formula is C18H15F5N6O4S. The highest BCUT2D eigenvalue weighted by molar-refractivity contribution is 7.12. The number of aryl methyl sites for hydroxylation is 2. The molecule has 0 amide bonds. The highest BCUT2D eigenvalue weighted by Crippen LogP contribution is 2.19. The van der Waals surface area contributed by atoms with Crippen molar-refractivity contribution >= 4 is 17.3 Å². The summed E-state index contributed by atoms with van der Waals surface area (Å²) in [5.74, 6) is -2.53. The summed E-state index contributed by atoms with van der Waals surface area (Å²) in [6.07, 6.45) is -5.69. The number of alkyl halides is 3. The molecule has 3 aromatic rings. The molecule has 0 unspecified atom stereocenters. The third-order valence-corrected chi connectivity index (χ3v) is 5.35. The van der Waals surface area contributed by atoms with Crippen molar-refractivity contribution in [2.24, 2.45) is 5.73 Å². The van der Waals surface area contributed by atoms with E-state index in [2.05, 4.69) is 15.3 Å². The van der Waals surface area contributed by atoms with Gasteiger partial charge in [-0.05, 0) is 45.8 Å². The standard InChI is InChI=1S/C18H15F5N6O4S/c19-15(20)12(6-24)8-27-17(32)29(26-25-27)14-5-11(9-34-14)2-1-10-3-4-13(30)28(7-10)33-16(31)18(21,22)23/h3-5,7,9H,1-2,6,8,24H2. The summed E-state index contributed by atoms with van der Waals surface area (Å²) < 4.78 is 64.5. The maximum Gasteiger partial charge on any atom is 0.493 e. The molecule has 16 heteroatoms. The lowest BCUT2D eigenvalue weighted by Gasteiger charge is -2.09. The Balaban J connectivity index is 1.70. The molecule has 0 spiro atoms. The number of pyridine rings is 1. The van der Waals surface area contributed by atoms with Gasteiger partial charge in [-0.2, -0.15) is 31.3 Å². The van der Waals surface area contributed by atoms with E-state index in [1.165, 1.54) is 6.07 Å². The van der Waals surface area contributed by atoms with Crippen LogP contribution in [0.1, 0.15) is 11.1 Å². The molecule has 3 heterocycles. The predicted molar refractivity (Wildman–Crippen MR) is 108 cm³/mol. The van der Waals surface area contributed by atoms with E-state index < -0.39 is 48.1 Å². The van der Waals surface area contributed by atoms with Crippen molar-refractivity contribution in [1.29, 1.82) is 0 Å². The fourth-order valence-corrected chi connectivity index (χ4v) is 3.55. The molecule has 0 aliphatic rings. The number of nitrogens with two attached hydrogens (primary N) is 1. The summed E-state index contributed by atoms with van der Waals surface area (Å²) in [6, 6.07) is 3.93. The average Bonchev–Trinajstić information content (AvgIpc) is 3.38. The van der Waals surface area contributed by atoms with E-state index in [1.54, 1.807) is 11.4 Å². The van der Waals surface area contributed by atoms with Crippen molar-refractivity contribution in [1.82, 2.24) is 24.5 Å². The van der Waals surface area contributed by atoms with Crippen molar-refractivity contribution < 1.29 is 31.6 Å². The monoisotopic (exact) mass is 506 g/mol. The molecule has 0 bridgehead atoms. The Morgan fingerprint density at radius 3 is 2.47 bits per heavy atom. The van der Waals surface area contributed by atoms with E-state index in [1.807, 2.05) is 0 Å². The van der Waals surface area contributed by atoms with Crippen LogP contribution in [-0.2, 0) is 24.2 Å². The molecular weight excluding hydrogens is 491 g/mol. The Labute approximate surface area is 190 Å².